The van der Waals surface area contributed by atoms with E-state index in [0.717, 1.165) is 68.3 Å². The summed E-state index contributed by atoms with van der Waals surface area (Å²) in [6, 6.07) is 10.2. The molecule has 6 heteroatoms. The van der Waals surface area contributed by atoms with Crippen LogP contribution >= 0.6 is 0 Å². The second-order valence-electron chi connectivity index (χ2n) is 9.37. The molecule has 1 amide bonds. The number of carbonyl (C=O) groups excluding carboxylic acids is 1. The highest BCUT2D eigenvalue weighted by Crippen LogP contribution is 2.36. The Labute approximate surface area is 185 Å². The Morgan fingerprint density at radius 2 is 1.90 bits per heavy atom. The molecule has 1 aliphatic heterocycles. The summed E-state index contributed by atoms with van der Waals surface area (Å²) in [4.78, 5) is 26.4. The minimum absolute atomic E-state index is 0.0808. The van der Waals surface area contributed by atoms with Gasteiger partial charge < -0.3 is 14.9 Å². The molecule has 1 aromatic heterocycles. The van der Waals surface area contributed by atoms with Gasteiger partial charge in [0.25, 0.3) is 0 Å². The first kappa shape index (κ1) is 21.8. The van der Waals surface area contributed by atoms with E-state index in [1.807, 2.05) is 48.3 Å². The van der Waals surface area contributed by atoms with Gasteiger partial charge in [-0.15, -0.1) is 0 Å². The number of rotatable bonds is 5. The number of anilines is 1. The van der Waals surface area contributed by atoms with Crippen molar-refractivity contribution in [2.24, 2.45) is 0 Å². The molecule has 31 heavy (non-hydrogen) atoms. The van der Waals surface area contributed by atoms with E-state index in [0.29, 0.717) is 12.5 Å². The summed E-state index contributed by atoms with van der Waals surface area (Å²) in [5.41, 5.74) is 2.34. The summed E-state index contributed by atoms with van der Waals surface area (Å²) >= 11 is 0. The van der Waals surface area contributed by atoms with Crippen LogP contribution in [0, 0.1) is 0 Å². The topological polar surface area (TPSA) is 69.6 Å². The molecule has 166 valence electrons. The molecular formula is C25H34N4O2. The van der Waals surface area contributed by atoms with Gasteiger partial charge in [0.15, 0.2) is 0 Å². The van der Waals surface area contributed by atoms with Crippen molar-refractivity contribution in [2.75, 3.05) is 32.1 Å². The molecule has 2 heterocycles. The molecular weight excluding hydrogens is 388 g/mol. The Kier molecular flexibility index (Phi) is 6.56. The van der Waals surface area contributed by atoms with Gasteiger partial charge in [-0.2, -0.15) is 0 Å². The molecule has 2 aliphatic rings. The molecule has 1 saturated heterocycles. The smallest absolute Gasteiger partial charge is 0.225 e. The number of nitrogens with zero attached hydrogens (tertiary/aromatic N) is 4. The van der Waals surface area contributed by atoms with E-state index < -0.39 is 5.60 Å². The lowest BCUT2D eigenvalue weighted by molar-refractivity contribution is -0.139. The lowest BCUT2D eigenvalue weighted by Crippen LogP contribution is -2.44. The Morgan fingerprint density at radius 3 is 2.61 bits per heavy atom. The molecule has 0 bridgehead atoms. The highest BCUT2D eigenvalue weighted by atomic mass is 16.3. The number of aliphatic hydroxyl groups is 1. The standard InChI is InChI=1S/C25H34N4O2/c1-28(2)24-26-17-21(19-10-5-3-6-11-19)23(27-24)20-12-9-15-29(18-20)22(30)16-25(31)13-7-4-8-14-25/h3,5-6,10-11,17,20,31H,4,7-9,12-16,18H2,1-2H3/t20-/m1/s1. The molecule has 0 radical (unpaired) electrons. The van der Waals surface area contributed by atoms with Gasteiger partial charge in [-0.05, 0) is 31.2 Å². The van der Waals surface area contributed by atoms with E-state index in [4.69, 9.17) is 4.98 Å². The number of piperidine rings is 1. The molecule has 1 atom stereocenters. The fourth-order valence-electron chi connectivity index (χ4n) is 4.96. The second kappa shape index (κ2) is 9.35. The van der Waals surface area contributed by atoms with Crippen molar-refractivity contribution in [1.29, 1.82) is 0 Å². The van der Waals surface area contributed by atoms with Gasteiger partial charge in [0, 0.05) is 44.9 Å². The highest BCUT2D eigenvalue weighted by Gasteiger charge is 2.35. The quantitative estimate of drug-likeness (QED) is 0.789. The van der Waals surface area contributed by atoms with Crippen LogP contribution in [-0.2, 0) is 4.79 Å². The van der Waals surface area contributed by atoms with Crippen molar-refractivity contribution < 1.29 is 9.90 Å². The zero-order valence-electron chi connectivity index (χ0n) is 18.8. The first-order chi connectivity index (χ1) is 15.0. The predicted octanol–water partition coefficient (Wildman–Crippen LogP) is 4.00. The summed E-state index contributed by atoms with van der Waals surface area (Å²) in [5.74, 6) is 0.933. The Morgan fingerprint density at radius 1 is 1.16 bits per heavy atom. The van der Waals surface area contributed by atoms with Crippen LogP contribution in [0.2, 0.25) is 0 Å². The number of likely N-dealkylation sites (tertiary alicyclic amines) is 1. The van der Waals surface area contributed by atoms with Crippen molar-refractivity contribution in [3.8, 4) is 11.1 Å². The average Bonchev–Trinajstić information content (AvgIpc) is 2.79. The molecule has 1 saturated carbocycles. The van der Waals surface area contributed by atoms with Gasteiger partial charge in [0.2, 0.25) is 11.9 Å². The molecule has 2 fully saturated rings. The maximum Gasteiger partial charge on any atom is 0.225 e. The van der Waals surface area contributed by atoms with Gasteiger partial charge in [0.1, 0.15) is 0 Å². The summed E-state index contributed by atoms with van der Waals surface area (Å²) in [6.07, 6.45) is 8.78. The van der Waals surface area contributed by atoms with Crippen molar-refractivity contribution in [1.82, 2.24) is 14.9 Å². The fourth-order valence-corrected chi connectivity index (χ4v) is 4.96. The van der Waals surface area contributed by atoms with Gasteiger partial charge in [-0.1, -0.05) is 49.6 Å². The third-order valence-electron chi connectivity index (χ3n) is 6.72. The van der Waals surface area contributed by atoms with Crippen molar-refractivity contribution in [3.63, 3.8) is 0 Å². The molecule has 4 rings (SSSR count). The Bertz CT molecular complexity index is 894. The van der Waals surface area contributed by atoms with Crippen LogP contribution in [0.15, 0.2) is 36.5 Å². The predicted molar refractivity (Wildman–Crippen MR) is 123 cm³/mol. The number of hydrogen-bond acceptors (Lipinski definition) is 5. The van der Waals surface area contributed by atoms with Crippen LogP contribution in [-0.4, -0.2) is 58.7 Å². The summed E-state index contributed by atoms with van der Waals surface area (Å²) < 4.78 is 0. The first-order valence-electron chi connectivity index (χ1n) is 11.5. The van der Waals surface area contributed by atoms with E-state index in [-0.39, 0.29) is 18.2 Å². The van der Waals surface area contributed by atoms with Crippen molar-refractivity contribution in [2.45, 2.75) is 62.9 Å². The van der Waals surface area contributed by atoms with Crippen LogP contribution in [0.25, 0.3) is 11.1 Å². The molecule has 6 nitrogen and oxygen atoms in total. The van der Waals surface area contributed by atoms with E-state index in [2.05, 4.69) is 17.1 Å². The number of benzene rings is 1. The molecule has 0 spiro atoms. The summed E-state index contributed by atoms with van der Waals surface area (Å²) in [6.45, 7) is 1.41. The normalized spacial score (nSPS) is 21.0. The monoisotopic (exact) mass is 422 g/mol. The Hall–Kier alpha value is -2.47. The van der Waals surface area contributed by atoms with Gasteiger partial charge in [-0.3, -0.25) is 4.79 Å². The van der Waals surface area contributed by atoms with Crippen molar-refractivity contribution >= 4 is 11.9 Å². The molecule has 1 aromatic carbocycles. The van der Waals surface area contributed by atoms with Crippen LogP contribution in [0.1, 0.15) is 63.0 Å². The van der Waals surface area contributed by atoms with Crippen molar-refractivity contribution in [3.05, 3.63) is 42.2 Å². The van der Waals surface area contributed by atoms with E-state index in [1.54, 1.807) is 0 Å². The van der Waals surface area contributed by atoms with Crippen LogP contribution in [0.5, 0.6) is 0 Å². The first-order valence-corrected chi connectivity index (χ1v) is 11.5. The van der Waals surface area contributed by atoms with Gasteiger partial charge in [0.05, 0.1) is 17.7 Å². The number of amides is 1. The zero-order valence-corrected chi connectivity index (χ0v) is 18.8. The Balaban J connectivity index is 1.57. The molecule has 0 unspecified atom stereocenters. The maximum atomic E-state index is 13.1. The fraction of sp³-hybridized carbons (Fsp3) is 0.560. The molecule has 2 aromatic rings. The zero-order chi connectivity index (χ0) is 21.8. The molecule has 1 N–H and O–H groups in total. The third kappa shape index (κ3) is 5.06. The minimum Gasteiger partial charge on any atom is -0.389 e. The van der Waals surface area contributed by atoms with E-state index in [1.165, 1.54) is 0 Å². The van der Waals surface area contributed by atoms with E-state index in [9.17, 15) is 9.90 Å². The van der Waals surface area contributed by atoms with Crippen LogP contribution in [0.4, 0.5) is 5.95 Å². The number of aromatic nitrogens is 2. The third-order valence-corrected chi connectivity index (χ3v) is 6.72. The second-order valence-corrected chi connectivity index (χ2v) is 9.37. The number of hydrogen-bond donors (Lipinski definition) is 1. The van der Waals surface area contributed by atoms with E-state index >= 15 is 0 Å². The maximum absolute atomic E-state index is 13.1. The lowest BCUT2D eigenvalue weighted by Gasteiger charge is -2.37. The summed E-state index contributed by atoms with van der Waals surface area (Å²) in [5, 5.41) is 10.9. The number of carbonyl (C=O) groups is 1. The molecule has 1 aliphatic carbocycles. The summed E-state index contributed by atoms with van der Waals surface area (Å²) in [7, 11) is 3.89. The van der Waals surface area contributed by atoms with Gasteiger partial charge >= 0.3 is 0 Å². The SMILES string of the molecule is CN(C)c1ncc(-c2ccccc2)c([C@@H]2CCCN(C(=O)CC3(O)CCCCC3)C2)n1. The van der Waals surface area contributed by atoms with Gasteiger partial charge in [-0.25, -0.2) is 9.97 Å². The van der Waals surface area contributed by atoms with Crippen LogP contribution < -0.4 is 4.90 Å². The largest absolute Gasteiger partial charge is 0.389 e. The van der Waals surface area contributed by atoms with Crippen LogP contribution in [0.3, 0.4) is 0 Å². The average molecular weight is 423 g/mol. The lowest BCUT2D eigenvalue weighted by atomic mass is 9.82. The minimum atomic E-state index is -0.815. The highest BCUT2D eigenvalue weighted by molar-refractivity contribution is 5.77.